The molecule has 3 rings (SSSR count). The Hall–Kier alpha value is -2.41. The maximum atomic E-state index is 12.9. The summed E-state index contributed by atoms with van der Waals surface area (Å²) in [5.74, 6) is -1.34. The number of carbonyl (C=O) groups is 2. The van der Waals surface area contributed by atoms with E-state index in [9.17, 15) is 18.0 Å². The van der Waals surface area contributed by atoms with Crippen molar-refractivity contribution in [1.29, 1.82) is 0 Å². The Morgan fingerprint density at radius 1 is 1.21 bits per heavy atom. The number of ketones is 1. The molecular formula is C17H17NO5S. The quantitative estimate of drug-likeness (QED) is 0.622. The Morgan fingerprint density at radius 2 is 1.88 bits per heavy atom. The van der Waals surface area contributed by atoms with Gasteiger partial charge in [-0.1, -0.05) is 30.3 Å². The van der Waals surface area contributed by atoms with Crippen LogP contribution < -0.4 is 0 Å². The van der Waals surface area contributed by atoms with Gasteiger partial charge in [-0.15, -0.1) is 0 Å². The molecule has 7 heteroatoms. The van der Waals surface area contributed by atoms with Crippen molar-refractivity contribution in [3.63, 3.8) is 0 Å². The molecule has 0 aliphatic carbocycles. The fourth-order valence-corrected chi connectivity index (χ4v) is 3.99. The highest BCUT2D eigenvalue weighted by Gasteiger charge is 2.37. The highest BCUT2D eigenvalue weighted by Crippen LogP contribution is 2.36. The van der Waals surface area contributed by atoms with Gasteiger partial charge in [-0.3, -0.25) is 9.59 Å². The van der Waals surface area contributed by atoms with Crippen LogP contribution in [0.5, 0.6) is 0 Å². The molecule has 1 unspecified atom stereocenters. The molecule has 6 nitrogen and oxygen atoms in total. The first-order chi connectivity index (χ1) is 11.3. The second-order valence-electron chi connectivity index (χ2n) is 5.77. The lowest BCUT2D eigenvalue weighted by atomic mass is 10.1. The molecule has 0 radical (unpaired) electrons. The van der Waals surface area contributed by atoms with Crippen molar-refractivity contribution in [2.45, 2.75) is 23.8 Å². The van der Waals surface area contributed by atoms with Gasteiger partial charge in [-0.05, 0) is 12.5 Å². The normalized spacial score (nSPS) is 16.7. The molecule has 0 saturated heterocycles. The van der Waals surface area contributed by atoms with Crippen molar-refractivity contribution >= 4 is 21.6 Å². The zero-order chi connectivity index (χ0) is 17.5. The van der Waals surface area contributed by atoms with Crippen LogP contribution in [0, 0.1) is 0 Å². The number of ether oxygens (including phenoxy) is 1. The second kappa shape index (κ2) is 5.90. The van der Waals surface area contributed by atoms with E-state index in [0.29, 0.717) is 24.2 Å². The molecule has 24 heavy (non-hydrogen) atoms. The summed E-state index contributed by atoms with van der Waals surface area (Å²) >= 11 is 0. The van der Waals surface area contributed by atoms with Gasteiger partial charge >= 0.3 is 5.97 Å². The van der Waals surface area contributed by atoms with Gasteiger partial charge in [-0.25, -0.2) is 8.42 Å². The van der Waals surface area contributed by atoms with Crippen LogP contribution in [0.3, 0.4) is 0 Å². The monoisotopic (exact) mass is 347 g/mol. The first-order valence-electron chi connectivity index (χ1n) is 7.45. The van der Waals surface area contributed by atoms with Gasteiger partial charge in [0.05, 0.1) is 17.9 Å². The smallest absolute Gasteiger partial charge is 0.314 e. The van der Waals surface area contributed by atoms with Gasteiger partial charge in [-0.2, -0.15) is 0 Å². The van der Waals surface area contributed by atoms with Gasteiger partial charge in [0.15, 0.2) is 9.84 Å². The molecule has 0 fully saturated rings. The largest absolute Gasteiger partial charge is 0.469 e. The van der Waals surface area contributed by atoms with Crippen molar-refractivity contribution in [3.05, 3.63) is 53.3 Å². The number of fused-ring (bicyclic) bond motifs is 1. The fraction of sp³-hybridized carbons (Fsp3) is 0.294. The third-order valence-electron chi connectivity index (χ3n) is 4.23. The Bertz CT molecular complexity index is 912. The number of aromatic nitrogens is 1. The summed E-state index contributed by atoms with van der Waals surface area (Å²) in [6.45, 7) is 0.401. The number of sulfone groups is 1. The second-order valence-corrected chi connectivity index (χ2v) is 7.75. The molecule has 1 aromatic carbocycles. The van der Waals surface area contributed by atoms with Gasteiger partial charge in [0.25, 0.3) is 0 Å². The minimum absolute atomic E-state index is 0.0417. The summed E-state index contributed by atoms with van der Waals surface area (Å²) in [6.07, 6.45) is 1.55. The highest BCUT2D eigenvalue weighted by atomic mass is 32.2. The first-order valence-corrected chi connectivity index (χ1v) is 9.34. The molecule has 0 saturated carbocycles. The molecule has 1 aliphatic rings. The van der Waals surface area contributed by atoms with E-state index in [0.717, 1.165) is 6.26 Å². The lowest BCUT2D eigenvalue weighted by molar-refractivity contribution is -0.142. The standard InChI is InChI=1S/C17H17NO5S/c1-23-17(20)12-8-9-18-13(12)10-14(24(2,21)22)15(18)16(19)11-6-4-3-5-7-11/h3-7,10,12H,8-9H2,1-2H3. The van der Waals surface area contributed by atoms with Crippen LogP contribution in [0.1, 0.15) is 34.1 Å². The van der Waals surface area contributed by atoms with Crippen molar-refractivity contribution in [2.75, 3.05) is 13.4 Å². The molecule has 1 atom stereocenters. The van der Waals surface area contributed by atoms with Crippen LogP contribution in [0.25, 0.3) is 0 Å². The summed E-state index contributed by atoms with van der Waals surface area (Å²) in [4.78, 5) is 24.8. The van der Waals surface area contributed by atoms with E-state index in [-0.39, 0.29) is 16.4 Å². The van der Waals surface area contributed by atoms with Crippen LogP contribution in [-0.2, 0) is 25.9 Å². The Morgan fingerprint density at radius 3 is 2.46 bits per heavy atom. The number of methoxy groups -OCH3 is 1. The van der Waals surface area contributed by atoms with E-state index in [2.05, 4.69) is 0 Å². The lowest BCUT2D eigenvalue weighted by Gasteiger charge is -2.08. The molecule has 0 N–H and O–H groups in total. The molecule has 0 amide bonds. The summed E-state index contributed by atoms with van der Waals surface area (Å²) in [7, 11) is -2.32. The fourth-order valence-electron chi connectivity index (χ4n) is 3.10. The van der Waals surface area contributed by atoms with E-state index < -0.39 is 21.7 Å². The number of esters is 1. The van der Waals surface area contributed by atoms with Crippen molar-refractivity contribution in [3.8, 4) is 0 Å². The molecule has 1 aliphatic heterocycles. The van der Waals surface area contributed by atoms with Crippen molar-refractivity contribution in [1.82, 2.24) is 4.57 Å². The van der Waals surface area contributed by atoms with E-state index in [1.165, 1.54) is 13.2 Å². The molecular weight excluding hydrogens is 330 g/mol. The maximum absolute atomic E-state index is 12.9. The van der Waals surface area contributed by atoms with E-state index in [1.807, 2.05) is 0 Å². The third kappa shape index (κ3) is 2.65. The molecule has 126 valence electrons. The maximum Gasteiger partial charge on any atom is 0.314 e. The van der Waals surface area contributed by atoms with Crippen molar-refractivity contribution < 1.29 is 22.7 Å². The summed E-state index contributed by atoms with van der Waals surface area (Å²) in [6, 6.07) is 9.93. The number of benzene rings is 1. The van der Waals surface area contributed by atoms with Gasteiger partial charge in [0.1, 0.15) is 5.69 Å². The molecule has 2 aromatic rings. The molecule has 0 spiro atoms. The molecule has 2 heterocycles. The first kappa shape index (κ1) is 16.4. The average molecular weight is 347 g/mol. The average Bonchev–Trinajstić information content (AvgIpc) is 3.12. The lowest BCUT2D eigenvalue weighted by Crippen LogP contribution is -2.13. The van der Waals surface area contributed by atoms with E-state index >= 15 is 0 Å². The number of hydrogen-bond acceptors (Lipinski definition) is 5. The number of carbonyl (C=O) groups excluding carboxylic acids is 2. The predicted molar refractivity (Wildman–Crippen MR) is 86.8 cm³/mol. The Balaban J connectivity index is 2.19. The van der Waals surface area contributed by atoms with Crippen LogP contribution in [0.15, 0.2) is 41.3 Å². The van der Waals surface area contributed by atoms with Crippen LogP contribution >= 0.6 is 0 Å². The summed E-state index contributed by atoms with van der Waals surface area (Å²) < 4.78 is 30.7. The van der Waals surface area contributed by atoms with Gasteiger partial charge in [0, 0.05) is 24.1 Å². The van der Waals surface area contributed by atoms with Crippen LogP contribution in [0.4, 0.5) is 0 Å². The molecule has 1 aromatic heterocycles. The number of hydrogen-bond donors (Lipinski definition) is 0. The van der Waals surface area contributed by atoms with Crippen molar-refractivity contribution in [2.24, 2.45) is 0 Å². The number of nitrogens with zero attached hydrogens (tertiary/aromatic N) is 1. The summed E-state index contributed by atoms with van der Waals surface area (Å²) in [5.41, 5.74) is 1.04. The SMILES string of the molecule is COC(=O)C1CCn2c1cc(S(C)(=O)=O)c2C(=O)c1ccccc1. The number of rotatable bonds is 4. The Kier molecular flexibility index (Phi) is 4.04. The minimum Gasteiger partial charge on any atom is -0.469 e. The third-order valence-corrected chi connectivity index (χ3v) is 5.34. The van der Waals surface area contributed by atoms with E-state index in [4.69, 9.17) is 4.74 Å². The zero-order valence-electron chi connectivity index (χ0n) is 13.4. The van der Waals surface area contributed by atoms with Crippen LogP contribution in [0.2, 0.25) is 0 Å². The van der Waals surface area contributed by atoms with Crippen LogP contribution in [-0.4, -0.2) is 38.1 Å². The molecule has 0 bridgehead atoms. The topological polar surface area (TPSA) is 82.4 Å². The minimum atomic E-state index is -3.61. The van der Waals surface area contributed by atoms with E-state index in [1.54, 1.807) is 34.9 Å². The van der Waals surface area contributed by atoms with Gasteiger partial charge < -0.3 is 9.30 Å². The van der Waals surface area contributed by atoms with Gasteiger partial charge in [0.2, 0.25) is 5.78 Å². The predicted octanol–water partition coefficient (Wildman–Crippen LogP) is 1.78. The highest BCUT2D eigenvalue weighted by molar-refractivity contribution is 7.90. The Labute approximate surface area is 140 Å². The summed E-state index contributed by atoms with van der Waals surface area (Å²) in [5, 5.41) is 0. The zero-order valence-corrected chi connectivity index (χ0v) is 14.2.